The van der Waals surface area contributed by atoms with E-state index < -0.39 is 0 Å². The molecule has 1 aromatic carbocycles. The van der Waals surface area contributed by atoms with Crippen molar-refractivity contribution in [3.05, 3.63) is 53.6 Å². The van der Waals surface area contributed by atoms with Crippen LogP contribution in [-0.4, -0.2) is 26.9 Å². The van der Waals surface area contributed by atoms with Crippen molar-refractivity contribution in [3.63, 3.8) is 0 Å². The molecule has 0 atom stereocenters. The average molecular weight is 282 g/mol. The van der Waals surface area contributed by atoms with Crippen molar-refractivity contribution >= 4 is 5.91 Å². The fraction of sp³-hybridized carbons (Fsp3) is 0.312. The van der Waals surface area contributed by atoms with Crippen LogP contribution in [0.25, 0.3) is 0 Å². The van der Waals surface area contributed by atoms with Gasteiger partial charge in [0.25, 0.3) is 5.91 Å². The summed E-state index contributed by atoms with van der Waals surface area (Å²) in [4.78, 5) is 18.4. The van der Waals surface area contributed by atoms with Crippen molar-refractivity contribution in [3.8, 4) is 6.07 Å². The number of imidazole rings is 1. The topological polar surface area (TPSA) is 61.9 Å². The van der Waals surface area contributed by atoms with Crippen molar-refractivity contribution in [1.82, 2.24) is 14.5 Å². The second-order valence-corrected chi connectivity index (χ2v) is 4.96. The minimum atomic E-state index is -0.0678. The van der Waals surface area contributed by atoms with E-state index in [4.69, 9.17) is 5.26 Å². The van der Waals surface area contributed by atoms with Crippen LogP contribution >= 0.6 is 0 Å². The van der Waals surface area contributed by atoms with Crippen molar-refractivity contribution in [2.75, 3.05) is 6.54 Å². The Bertz CT molecular complexity index is 652. The van der Waals surface area contributed by atoms with Crippen molar-refractivity contribution in [1.29, 1.82) is 5.26 Å². The predicted molar refractivity (Wildman–Crippen MR) is 79.4 cm³/mol. The van der Waals surface area contributed by atoms with Gasteiger partial charge in [0.1, 0.15) is 5.69 Å². The summed E-state index contributed by atoms with van der Waals surface area (Å²) in [7, 11) is 1.84. The lowest BCUT2D eigenvalue weighted by molar-refractivity contribution is 0.0737. The summed E-state index contributed by atoms with van der Waals surface area (Å²) in [6, 6.07) is 9.39. The van der Waals surface area contributed by atoms with E-state index in [-0.39, 0.29) is 5.91 Å². The summed E-state index contributed by atoms with van der Waals surface area (Å²) in [6.07, 6.45) is 4.23. The summed E-state index contributed by atoms with van der Waals surface area (Å²) in [6.45, 7) is 3.24. The molecule has 0 bridgehead atoms. The Morgan fingerprint density at radius 2 is 2.10 bits per heavy atom. The highest BCUT2D eigenvalue weighted by atomic mass is 16.2. The number of amides is 1. The van der Waals surface area contributed by atoms with Crippen LogP contribution in [0.1, 0.15) is 35.0 Å². The van der Waals surface area contributed by atoms with Crippen LogP contribution in [-0.2, 0) is 13.6 Å². The molecule has 0 saturated heterocycles. The molecule has 0 N–H and O–H groups in total. The second-order valence-electron chi connectivity index (χ2n) is 4.96. The summed E-state index contributed by atoms with van der Waals surface area (Å²) in [5.74, 6) is -0.0678. The normalized spacial score (nSPS) is 10.1. The zero-order chi connectivity index (χ0) is 15.2. The first kappa shape index (κ1) is 14.8. The molecule has 0 aliphatic rings. The summed E-state index contributed by atoms with van der Waals surface area (Å²) in [5, 5.41) is 8.81. The van der Waals surface area contributed by atoms with E-state index in [9.17, 15) is 4.79 Å². The largest absolute Gasteiger partial charge is 0.340 e. The summed E-state index contributed by atoms with van der Waals surface area (Å²) in [5.41, 5.74) is 2.09. The molecule has 2 rings (SSSR count). The van der Waals surface area contributed by atoms with Crippen LogP contribution in [0.5, 0.6) is 0 Å². The first-order chi connectivity index (χ1) is 10.1. The number of hydrogen-bond acceptors (Lipinski definition) is 3. The molecule has 0 aliphatic heterocycles. The standard InChI is InChI=1S/C16H18N4O/c1-3-8-20(16(21)15-11-19(2)12-18-15)10-14-6-4-13(9-17)5-7-14/h4-7,11-12H,3,8,10H2,1-2H3. The maximum Gasteiger partial charge on any atom is 0.274 e. The smallest absolute Gasteiger partial charge is 0.274 e. The third kappa shape index (κ3) is 3.69. The number of nitriles is 1. The van der Waals surface area contributed by atoms with Crippen LogP contribution < -0.4 is 0 Å². The first-order valence-corrected chi connectivity index (χ1v) is 6.90. The highest BCUT2D eigenvalue weighted by Crippen LogP contribution is 2.11. The van der Waals surface area contributed by atoms with Crippen molar-refractivity contribution < 1.29 is 4.79 Å². The number of hydrogen-bond donors (Lipinski definition) is 0. The molecule has 0 saturated carbocycles. The van der Waals surface area contributed by atoms with Crippen LogP contribution in [0.15, 0.2) is 36.8 Å². The molecule has 5 heteroatoms. The molecule has 1 aromatic heterocycles. The Hall–Kier alpha value is -2.61. The molecule has 0 radical (unpaired) electrons. The van der Waals surface area contributed by atoms with Gasteiger partial charge in [-0.15, -0.1) is 0 Å². The maximum atomic E-state index is 12.5. The van der Waals surface area contributed by atoms with Crippen LogP contribution in [0.3, 0.4) is 0 Å². The summed E-state index contributed by atoms with van der Waals surface area (Å²) >= 11 is 0. The van der Waals surface area contributed by atoms with Crippen LogP contribution in [0, 0.1) is 11.3 Å². The molecule has 0 fully saturated rings. The van der Waals surface area contributed by atoms with Gasteiger partial charge in [0, 0.05) is 26.3 Å². The number of aryl methyl sites for hydroxylation is 1. The Balaban J connectivity index is 2.14. The number of nitrogens with zero attached hydrogens (tertiary/aromatic N) is 4. The minimum absolute atomic E-state index is 0.0678. The SMILES string of the molecule is CCCN(Cc1ccc(C#N)cc1)C(=O)c1cn(C)cn1. The monoisotopic (exact) mass is 282 g/mol. The first-order valence-electron chi connectivity index (χ1n) is 6.90. The Kier molecular flexibility index (Phi) is 4.72. The second kappa shape index (κ2) is 6.71. The van der Waals surface area contributed by atoms with Gasteiger partial charge in [0.05, 0.1) is 18.0 Å². The van der Waals surface area contributed by atoms with Gasteiger partial charge in [-0.25, -0.2) is 4.98 Å². The highest BCUT2D eigenvalue weighted by molar-refractivity contribution is 5.92. The number of benzene rings is 1. The summed E-state index contributed by atoms with van der Waals surface area (Å²) < 4.78 is 1.76. The van der Waals surface area contributed by atoms with Crippen LogP contribution in [0.2, 0.25) is 0 Å². The van der Waals surface area contributed by atoms with E-state index in [1.54, 1.807) is 34.1 Å². The lowest BCUT2D eigenvalue weighted by Gasteiger charge is -2.21. The third-order valence-corrected chi connectivity index (χ3v) is 3.16. The zero-order valence-corrected chi connectivity index (χ0v) is 12.3. The fourth-order valence-electron chi connectivity index (χ4n) is 2.11. The van der Waals surface area contributed by atoms with Gasteiger partial charge < -0.3 is 9.47 Å². The molecule has 1 heterocycles. The van der Waals surface area contributed by atoms with E-state index in [2.05, 4.69) is 11.1 Å². The number of carbonyl (C=O) groups excluding carboxylic acids is 1. The predicted octanol–water partition coefficient (Wildman–Crippen LogP) is 2.34. The molecule has 2 aromatic rings. The molecule has 21 heavy (non-hydrogen) atoms. The maximum absolute atomic E-state index is 12.5. The minimum Gasteiger partial charge on any atom is -0.340 e. The number of carbonyl (C=O) groups is 1. The molecule has 1 amide bonds. The van der Waals surface area contributed by atoms with Crippen molar-refractivity contribution in [2.45, 2.75) is 19.9 Å². The van der Waals surface area contributed by atoms with Gasteiger partial charge in [-0.1, -0.05) is 19.1 Å². The number of rotatable bonds is 5. The van der Waals surface area contributed by atoms with Gasteiger partial charge in [-0.2, -0.15) is 5.26 Å². The molecular formula is C16H18N4O. The van der Waals surface area contributed by atoms with E-state index in [1.807, 2.05) is 26.1 Å². The van der Waals surface area contributed by atoms with Gasteiger partial charge in [0.2, 0.25) is 0 Å². The third-order valence-electron chi connectivity index (χ3n) is 3.16. The highest BCUT2D eigenvalue weighted by Gasteiger charge is 2.17. The molecule has 0 aliphatic carbocycles. The van der Waals surface area contributed by atoms with E-state index in [0.717, 1.165) is 12.0 Å². The molecular weight excluding hydrogens is 264 g/mol. The van der Waals surface area contributed by atoms with Gasteiger partial charge in [0.15, 0.2) is 0 Å². The van der Waals surface area contributed by atoms with Crippen molar-refractivity contribution in [2.24, 2.45) is 7.05 Å². The molecule has 108 valence electrons. The van der Waals surface area contributed by atoms with E-state index in [1.165, 1.54) is 0 Å². The van der Waals surface area contributed by atoms with Gasteiger partial charge >= 0.3 is 0 Å². The Labute approximate surface area is 124 Å². The molecule has 5 nitrogen and oxygen atoms in total. The Morgan fingerprint density at radius 3 is 2.62 bits per heavy atom. The molecule has 0 unspecified atom stereocenters. The van der Waals surface area contributed by atoms with E-state index in [0.29, 0.717) is 24.3 Å². The lowest BCUT2D eigenvalue weighted by Crippen LogP contribution is -2.31. The van der Waals surface area contributed by atoms with Gasteiger partial charge in [-0.3, -0.25) is 4.79 Å². The van der Waals surface area contributed by atoms with Gasteiger partial charge in [-0.05, 0) is 24.1 Å². The van der Waals surface area contributed by atoms with E-state index >= 15 is 0 Å². The Morgan fingerprint density at radius 1 is 1.38 bits per heavy atom. The average Bonchev–Trinajstić information content (AvgIpc) is 2.93. The fourth-order valence-corrected chi connectivity index (χ4v) is 2.11. The number of aromatic nitrogens is 2. The zero-order valence-electron chi connectivity index (χ0n) is 12.3. The lowest BCUT2D eigenvalue weighted by atomic mass is 10.1. The van der Waals surface area contributed by atoms with Crippen LogP contribution in [0.4, 0.5) is 0 Å². The quantitative estimate of drug-likeness (QED) is 0.845. The molecule has 0 spiro atoms.